The molecule has 186 valence electrons. The number of nitrogens with zero attached hydrogens (tertiary/aromatic N) is 2. The summed E-state index contributed by atoms with van der Waals surface area (Å²) in [6.45, 7) is 4.50. The molecule has 1 N–H and O–H groups in total. The van der Waals surface area contributed by atoms with Gasteiger partial charge in [-0.05, 0) is 59.7 Å². The molecule has 1 aromatic heterocycles. The number of aryl methyl sites for hydroxylation is 1. The van der Waals surface area contributed by atoms with Crippen LogP contribution in [-0.4, -0.2) is 30.5 Å². The van der Waals surface area contributed by atoms with Crippen LogP contribution in [0.5, 0.6) is 11.5 Å². The molecule has 0 aliphatic carbocycles. The van der Waals surface area contributed by atoms with Crippen LogP contribution < -0.4 is 14.8 Å². The van der Waals surface area contributed by atoms with Crippen molar-refractivity contribution < 1.29 is 14.3 Å². The van der Waals surface area contributed by atoms with Gasteiger partial charge in [0.2, 0.25) is 0 Å². The first-order valence-electron chi connectivity index (χ1n) is 12.4. The molecule has 36 heavy (non-hydrogen) atoms. The van der Waals surface area contributed by atoms with Crippen molar-refractivity contribution in [3.05, 3.63) is 72.1 Å². The van der Waals surface area contributed by atoms with Gasteiger partial charge in [-0.2, -0.15) is 0 Å². The van der Waals surface area contributed by atoms with E-state index in [4.69, 9.17) is 9.47 Å². The molecule has 0 aliphatic rings. The van der Waals surface area contributed by atoms with Crippen LogP contribution in [0.2, 0.25) is 0 Å². The van der Waals surface area contributed by atoms with Crippen molar-refractivity contribution in [1.82, 2.24) is 9.97 Å². The minimum Gasteiger partial charge on any atom is -0.496 e. The summed E-state index contributed by atoms with van der Waals surface area (Å²) in [4.78, 5) is 20.3. The van der Waals surface area contributed by atoms with E-state index in [9.17, 15) is 4.79 Å². The fourth-order valence-corrected chi connectivity index (χ4v) is 4.57. The normalized spacial score (nSPS) is 11.0. The van der Waals surface area contributed by atoms with E-state index in [0.717, 1.165) is 58.2 Å². The molecule has 4 aromatic rings. The van der Waals surface area contributed by atoms with Crippen LogP contribution in [0.1, 0.15) is 49.0 Å². The second-order valence-electron chi connectivity index (χ2n) is 8.91. The summed E-state index contributed by atoms with van der Waals surface area (Å²) < 4.78 is 11.3. The molecule has 0 atom stereocenters. The lowest BCUT2D eigenvalue weighted by molar-refractivity contribution is 0.112. The zero-order chi connectivity index (χ0) is 25.5. The molecule has 0 saturated heterocycles. The second-order valence-corrected chi connectivity index (χ2v) is 8.91. The van der Waals surface area contributed by atoms with Gasteiger partial charge in [-0.15, -0.1) is 0 Å². The molecule has 4 rings (SSSR count). The highest BCUT2D eigenvalue weighted by molar-refractivity contribution is 5.93. The highest BCUT2D eigenvalue weighted by Crippen LogP contribution is 2.36. The third-order valence-corrected chi connectivity index (χ3v) is 6.82. The highest BCUT2D eigenvalue weighted by Gasteiger charge is 2.14. The van der Waals surface area contributed by atoms with E-state index in [1.165, 1.54) is 12.8 Å². The standard InChI is InChI=1S/C30H33N3O3/c1-5-20(6-2)10-11-24-15-25-26(17-29(24)36-4)31-19-32-30(25)33-27-16-23(12-13-28(27)35-3)22-9-7-8-21(14-22)18-34/h7-9,12-20H,5-6,10-11H2,1-4H3,(H,31,32,33). The van der Waals surface area contributed by atoms with Gasteiger partial charge < -0.3 is 14.8 Å². The largest absolute Gasteiger partial charge is 0.496 e. The summed E-state index contributed by atoms with van der Waals surface area (Å²) in [5.74, 6) is 2.94. The van der Waals surface area contributed by atoms with Crippen molar-refractivity contribution in [3.8, 4) is 22.6 Å². The highest BCUT2D eigenvalue weighted by atomic mass is 16.5. The van der Waals surface area contributed by atoms with E-state index < -0.39 is 0 Å². The van der Waals surface area contributed by atoms with Crippen LogP contribution in [0.3, 0.4) is 0 Å². The average molecular weight is 484 g/mol. The summed E-state index contributed by atoms with van der Waals surface area (Å²) >= 11 is 0. The van der Waals surface area contributed by atoms with Crippen molar-refractivity contribution >= 4 is 28.7 Å². The molecule has 0 amide bonds. The first-order valence-corrected chi connectivity index (χ1v) is 12.4. The van der Waals surface area contributed by atoms with Crippen molar-refractivity contribution in [2.24, 2.45) is 5.92 Å². The molecular formula is C30H33N3O3. The van der Waals surface area contributed by atoms with E-state index in [1.54, 1.807) is 26.6 Å². The molecule has 0 aliphatic heterocycles. The minimum atomic E-state index is 0.634. The molecule has 0 radical (unpaired) electrons. The number of fused-ring (bicyclic) bond motifs is 1. The predicted molar refractivity (Wildman–Crippen MR) is 146 cm³/mol. The Morgan fingerprint density at radius 3 is 2.42 bits per heavy atom. The Balaban J connectivity index is 1.73. The van der Waals surface area contributed by atoms with E-state index in [0.29, 0.717) is 23.0 Å². The Morgan fingerprint density at radius 2 is 1.69 bits per heavy atom. The second kappa shape index (κ2) is 11.7. The Hall–Kier alpha value is -3.93. The summed E-state index contributed by atoms with van der Waals surface area (Å²) in [5, 5.41) is 4.39. The van der Waals surface area contributed by atoms with Crippen molar-refractivity contribution in [2.75, 3.05) is 19.5 Å². The quantitative estimate of drug-likeness (QED) is 0.227. The third-order valence-electron chi connectivity index (χ3n) is 6.82. The Labute approximate surface area is 212 Å². The SMILES string of the molecule is CCC(CC)CCc1cc2c(Nc3cc(-c4cccc(C=O)c4)ccc3OC)ncnc2cc1OC. The molecule has 3 aromatic carbocycles. The van der Waals surface area contributed by atoms with Crippen LogP contribution >= 0.6 is 0 Å². The van der Waals surface area contributed by atoms with Crippen LogP contribution in [0, 0.1) is 5.92 Å². The third kappa shape index (κ3) is 5.48. The van der Waals surface area contributed by atoms with Gasteiger partial charge in [0.1, 0.15) is 29.9 Å². The Morgan fingerprint density at radius 1 is 0.917 bits per heavy atom. The van der Waals surface area contributed by atoms with Gasteiger partial charge in [0.25, 0.3) is 0 Å². The van der Waals surface area contributed by atoms with Crippen molar-refractivity contribution in [2.45, 2.75) is 39.5 Å². The number of carbonyl (C=O) groups is 1. The van der Waals surface area contributed by atoms with Gasteiger partial charge in [-0.3, -0.25) is 4.79 Å². The molecule has 0 spiro atoms. The number of carbonyl (C=O) groups excluding carboxylic acids is 1. The fourth-order valence-electron chi connectivity index (χ4n) is 4.57. The maximum absolute atomic E-state index is 11.3. The van der Waals surface area contributed by atoms with E-state index in [2.05, 4.69) is 35.2 Å². The lowest BCUT2D eigenvalue weighted by Gasteiger charge is -2.17. The lowest BCUT2D eigenvalue weighted by atomic mass is 9.94. The van der Waals surface area contributed by atoms with Gasteiger partial charge in [0.15, 0.2) is 0 Å². The number of anilines is 2. The number of aromatic nitrogens is 2. The monoisotopic (exact) mass is 483 g/mol. The van der Waals surface area contributed by atoms with Crippen molar-refractivity contribution in [3.63, 3.8) is 0 Å². The van der Waals surface area contributed by atoms with E-state index in [1.807, 2.05) is 42.5 Å². The number of hydrogen-bond acceptors (Lipinski definition) is 6. The van der Waals surface area contributed by atoms with Crippen LogP contribution in [0.4, 0.5) is 11.5 Å². The molecule has 0 unspecified atom stereocenters. The first kappa shape index (κ1) is 25.2. The van der Waals surface area contributed by atoms with Gasteiger partial charge in [-0.1, -0.05) is 51.0 Å². The maximum Gasteiger partial charge on any atom is 0.150 e. The van der Waals surface area contributed by atoms with E-state index in [-0.39, 0.29) is 0 Å². The average Bonchev–Trinajstić information content (AvgIpc) is 2.93. The molecule has 6 nitrogen and oxygen atoms in total. The van der Waals surface area contributed by atoms with Crippen LogP contribution in [0.15, 0.2) is 60.9 Å². The number of aldehydes is 1. The van der Waals surface area contributed by atoms with Crippen molar-refractivity contribution in [1.29, 1.82) is 0 Å². The predicted octanol–water partition coefficient (Wildman–Crippen LogP) is 7.24. The topological polar surface area (TPSA) is 73.3 Å². The van der Waals surface area contributed by atoms with Gasteiger partial charge in [0.05, 0.1) is 25.4 Å². The summed E-state index contributed by atoms with van der Waals surface area (Å²) in [5.41, 5.74) is 5.29. The first-order chi connectivity index (χ1) is 17.6. The minimum absolute atomic E-state index is 0.634. The van der Waals surface area contributed by atoms with E-state index >= 15 is 0 Å². The number of methoxy groups -OCH3 is 2. The number of benzene rings is 3. The number of rotatable bonds is 11. The number of ether oxygens (including phenoxy) is 2. The summed E-state index contributed by atoms with van der Waals surface area (Å²) in [6, 6.07) is 17.6. The zero-order valence-electron chi connectivity index (χ0n) is 21.4. The molecule has 0 bridgehead atoms. The van der Waals surface area contributed by atoms with Gasteiger partial charge in [0, 0.05) is 17.0 Å². The number of hydrogen-bond donors (Lipinski definition) is 1. The number of nitrogens with one attached hydrogen (secondary N) is 1. The lowest BCUT2D eigenvalue weighted by Crippen LogP contribution is -2.03. The Bertz CT molecular complexity index is 1350. The maximum atomic E-state index is 11.3. The summed E-state index contributed by atoms with van der Waals surface area (Å²) in [6.07, 6.45) is 6.81. The molecule has 1 heterocycles. The smallest absolute Gasteiger partial charge is 0.150 e. The Kier molecular flexibility index (Phi) is 8.16. The van der Waals surface area contributed by atoms with Crippen LogP contribution in [-0.2, 0) is 6.42 Å². The zero-order valence-corrected chi connectivity index (χ0v) is 21.4. The van der Waals surface area contributed by atoms with Gasteiger partial charge >= 0.3 is 0 Å². The summed E-state index contributed by atoms with van der Waals surface area (Å²) in [7, 11) is 3.35. The molecule has 6 heteroatoms. The molecule has 0 saturated carbocycles. The molecular weight excluding hydrogens is 450 g/mol. The van der Waals surface area contributed by atoms with Crippen LogP contribution in [0.25, 0.3) is 22.0 Å². The van der Waals surface area contributed by atoms with Gasteiger partial charge in [-0.25, -0.2) is 9.97 Å². The fraction of sp³-hybridized carbons (Fsp3) is 0.300. The molecule has 0 fully saturated rings.